The Morgan fingerprint density at radius 2 is 1.70 bits per heavy atom. The molecule has 0 bridgehead atoms. The second-order valence-electron chi connectivity index (χ2n) is 7.57. The minimum atomic E-state index is -0.462. The highest BCUT2D eigenvalue weighted by atomic mass is 16.6. The maximum absolute atomic E-state index is 11.7. The Balaban J connectivity index is 2.34. The Morgan fingerprint density at radius 1 is 1.15 bits per heavy atom. The lowest BCUT2D eigenvalue weighted by Gasteiger charge is -2.30. The Hall–Kier alpha value is -0.770. The minimum Gasteiger partial charge on any atom is -0.444 e. The number of alkyl carbamates (subject to hydrolysis) is 1. The van der Waals surface area contributed by atoms with E-state index in [1.165, 1.54) is 38.5 Å². The molecule has 0 aromatic rings. The van der Waals surface area contributed by atoms with Crippen molar-refractivity contribution in [3.05, 3.63) is 0 Å². The van der Waals surface area contributed by atoms with Crippen LogP contribution in [0.5, 0.6) is 0 Å². The summed E-state index contributed by atoms with van der Waals surface area (Å²) in [6.07, 6.45) is 8.50. The summed E-state index contributed by atoms with van der Waals surface area (Å²) in [6, 6.07) is 0. The molecule has 20 heavy (non-hydrogen) atoms. The molecule has 3 N–H and O–H groups in total. The van der Waals surface area contributed by atoms with E-state index in [1.54, 1.807) is 0 Å². The van der Waals surface area contributed by atoms with Crippen LogP contribution >= 0.6 is 0 Å². The molecule has 1 aliphatic carbocycles. The zero-order chi connectivity index (χ0) is 15.2. The lowest BCUT2D eigenvalue weighted by atomic mass is 9.85. The van der Waals surface area contributed by atoms with Crippen molar-refractivity contribution in [1.82, 2.24) is 5.32 Å². The van der Waals surface area contributed by atoms with Gasteiger partial charge in [-0.3, -0.25) is 0 Å². The summed E-state index contributed by atoms with van der Waals surface area (Å²) in [7, 11) is 0. The first kappa shape index (κ1) is 17.3. The molecule has 118 valence electrons. The first-order valence-electron chi connectivity index (χ1n) is 7.94. The molecule has 1 fully saturated rings. The molecule has 0 aromatic carbocycles. The topological polar surface area (TPSA) is 64.3 Å². The van der Waals surface area contributed by atoms with E-state index < -0.39 is 5.60 Å². The average Bonchev–Trinajstić information content (AvgIpc) is 2.52. The number of nitrogens with two attached hydrogens (primary N) is 1. The molecule has 1 unspecified atom stereocenters. The first-order valence-corrected chi connectivity index (χ1v) is 7.94. The van der Waals surface area contributed by atoms with Gasteiger partial charge in [-0.25, -0.2) is 4.79 Å². The molecule has 1 saturated carbocycles. The van der Waals surface area contributed by atoms with E-state index in [-0.39, 0.29) is 11.6 Å². The van der Waals surface area contributed by atoms with Crippen LogP contribution in [0.1, 0.15) is 72.6 Å². The van der Waals surface area contributed by atoms with E-state index in [0.717, 1.165) is 6.42 Å². The van der Waals surface area contributed by atoms with E-state index in [9.17, 15) is 4.79 Å². The smallest absolute Gasteiger partial charge is 0.407 e. The Morgan fingerprint density at radius 3 is 2.20 bits per heavy atom. The Labute approximate surface area is 123 Å². The second kappa shape index (κ2) is 7.30. The van der Waals surface area contributed by atoms with Gasteiger partial charge in [0.2, 0.25) is 0 Å². The van der Waals surface area contributed by atoms with Crippen molar-refractivity contribution in [2.24, 2.45) is 11.7 Å². The predicted octanol–water partition coefficient (Wildman–Crippen LogP) is 3.59. The zero-order valence-electron chi connectivity index (χ0n) is 13.6. The molecule has 0 heterocycles. The normalized spacial score (nSPS) is 20.9. The SMILES string of the molecule is CC(N)(CNC(=O)OC(C)(C)C)CC1CCCCCC1. The predicted molar refractivity (Wildman–Crippen MR) is 82.6 cm³/mol. The third-order valence-electron chi connectivity index (χ3n) is 3.77. The van der Waals surface area contributed by atoms with Gasteiger partial charge in [0, 0.05) is 12.1 Å². The number of hydrogen-bond acceptors (Lipinski definition) is 3. The van der Waals surface area contributed by atoms with Crippen molar-refractivity contribution < 1.29 is 9.53 Å². The fraction of sp³-hybridized carbons (Fsp3) is 0.938. The molecule has 4 nitrogen and oxygen atoms in total. The average molecular weight is 284 g/mol. The first-order chi connectivity index (χ1) is 9.18. The number of carbonyl (C=O) groups is 1. The van der Waals surface area contributed by atoms with Crippen LogP contribution in [0.4, 0.5) is 4.79 Å². The van der Waals surface area contributed by atoms with Crippen LogP contribution in [0.15, 0.2) is 0 Å². The summed E-state index contributed by atoms with van der Waals surface area (Å²) >= 11 is 0. The second-order valence-corrected chi connectivity index (χ2v) is 7.57. The molecule has 0 aliphatic heterocycles. The van der Waals surface area contributed by atoms with Crippen LogP contribution in [-0.4, -0.2) is 23.8 Å². The highest BCUT2D eigenvalue weighted by Gasteiger charge is 2.26. The van der Waals surface area contributed by atoms with Crippen LogP contribution in [0.3, 0.4) is 0 Å². The van der Waals surface area contributed by atoms with Crippen LogP contribution in [-0.2, 0) is 4.74 Å². The largest absolute Gasteiger partial charge is 0.444 e. The Kier molecular flexibility index (Phi) is 6.31. The van der Waals surface area contributed by atoms with Gasteiger partial charge in [0.15, 0.2) is 0 Å². The highest BCUT2D eigenvalue weighted by molar-refractivity contribution is 5.67. The van der Waals surface area contributed by atoms with Gasteiger partial charge in [-0.1, -0.05) is 38.5 Å². The maximum Gasteiger partial charge on any atom is 0.407 e. The van der Waals surface area contributed by atoms with Gasteiger partial charge in [0.05, 0.1) is 0 Å². The van der Waals surface area contributed by atoms with Gasteiger partial charge in [0.1, 0.15) is 5.60 Å². The molecule has 1 aliphatic rings. The molecule has 4 heteroatoms. The number of ether oxygens (including phenoxy) is 1. The quantitative estimate of drug-likeness (QED) is 0.775. The summed E-state index contributed by atoms with van der Waals surface area (Å²) in [5.41, 5.74) is 5.52. The molecular weight excluding hydrogens is 252 g/mol. The standard InChI is InChI=1S/C16H32N2O2/c1-15(2,3)20-14(19)18-12-16(4,17)11-13-9-7-5-6-8-10-13/h13H,5-12,17H2,1-4H3,(H,18,19). The fourth-order valence-corrected chi connectivity index (χ4v) is 2.89. The van der Waals surface area contributed by atoms with Gasteiger partial charge in [0.25, 0.3) is 0 Å². The van der Waals surface area contributed by atoms with E-state index >= 15 is 0 Å². The monoisotopic (exact) mass is 284 g/mol. The van der Waals surface area contributed by atoms with Crippen LogP contribution in [0, 0.1) is 5.92 Å². The van der Waals surface area contributed by atoms with Crippen molar-refractivity contribution in [2.75, 3.05) is 6.54 Å². The number of amides is 1. The van der Waals surface area contributed by atoms with E-state index in [2.05, 4.69) is 5.32 Å². The molecule has 0 spiro atoms. The summed E-state index contributed by atoms with van der Waals surface area (Å²) in [5.74, 6) is 0.702. The van der Waals surface area contributed by atoms with Crippen molar-refractivity contribution in [3.8, 4) is 0 Å². The van der Waals surface area contributed by atoms with Crippen LogP contribution in [0.25, 0.3) is 0 Å². The van der Waals surface area contributed by atoms with E-state index in [1.807, 2.05) is 27.7 Å². The van der Waals surface area contributed by atoms with E-state index in [0.29, 0.717) is 12.5 Å². The summed E-state index contributed by atoms with van der Waals surface area (Å²) in [6.45, 7) is 8.08. The van der Waals surface area contributed by atoms with E-state index in [4.69, 9.17) is 10.5 Å². The van der Waals surface area contributed by atoms with Crippen LogP contribution < -0.4 is 11.1 Å². The molecule has 1 rings (SSSR count). The summed E-state index contributed by atoms with van der Waals surface area (Å²) < 4.78 is 5.24. The van der Waals surface area contributed by atoms with Crippen molar-refractivity contribution >= 4 is 6.09 Å². The summed E-state index contributed by atoms with van der Waals surface area (Å²) in [5, 5.41) is 2.80. The molecule has 1 amide bonds. The lowest BCUT2D eigenvalue weighted by Crippen LogP contribution is -2.49. The highest BCUT2D eigenvalue weighted by Crippen LogP contribution is 2.28. The number of carbonyl (C=O) groups excluding carboxylic acids is 1. The lowest BCUT2D eigenvalue weighted by molar-refractivity contribution is 0.0513. The molecule has 0 aromatic heterocycles. The van der Waals surface area contributed by atoms with Gasteiger partial charge in [-0.15, -0.1) is 0 Å². The van der Waals surface area contributed by atoms with Gasteiger partial charge in [-0.2, -0.15) is 0 Å². The zero-order valence-corrected chi connectivity index (χ0v) is 13.6. The minimum absolute atomic E-state index is 0.355. The molecular formula is C16H32N2O2. The maximum atomic E-state index is 11.7. The van der Waals surface area contributed by atoms with Gasteiger partial charge in [-0.05, 0) is 40.0 Å². The number of hydrogen-bond donors (Lipinski definition) is 2. The van der Waals surface area contributed by atoms with Crippen molar-refractivity contribution in [3.63, 3.8) is 0 Å². The van der Waals surface area contributed by atoms with Gasteiger partial charge < -0.3 is 15.8 Å². The van der Waals surface area contributed by atoms with Crippen molar-refractivity contribution in [1.29, 1.82) is 0 Å². The molecule has 1 atom stereocenters. The number of nitrogens with one attached hydrogen (secondary N) is 1. The third-order valence-corrected chi connectivity index (χ3v) is 3.77. The Bertz CT molecular complexity index is 300. The van der Waals surface area contributed by atoms with Gasteiger partial charge >= 0.3 is 6.09 Å². The fourth-order valence-electron chi connectivity index (χ4n) is 2.89. The van der Waals surface area contributed by atoms with Crippen LogP contribution in [0.2, 0.25) is 0 Å². The molecule has 0 radical (unpaired) electrons. The number of rotatable bonds is 4. The summed E-state index contributed by atoms with van der Waals surface area (Å²) in [4.78, 5) is 11.7. The van der Waals surface area contributed by atoms with Crippen molar-refractivity contribution in [2.45, 2.75) is 83.8 Å². The molecule has 0 saturated heterocycles. The third kappa shape index (κ3) is 7.73.